The number of nitrogens with zero attached hydrogens (tertiary/aromatic N) is 1. The molecule has 0 spiro atoms. The predicted octanol–water partition coefficient (Wildman–Crippen LogP) is 13.2. The number of thiophene rings is 1. The summed E-state index contributed by atoms with van der Waals surface area (Å²) in [4.78, 5) is 0. The van der Waals surface area contributed by atoms with Crippen molar-refractivity contribution in [1.82, 2.24) is 4.57 Å². The van der Waals surface area contributed by atoms with E-state index in [0.717, 1.165) is 18.7 Å². The van der Waals surface area contributed by atoms with Crippen molar-refractivity contribution in [1.29, 1.82) is 0 Å². The summed E-state index contributed by atoms with van der Waals surface area (Å²) in [6.07, 6.45) is 0. The van der Waals surface area contributed by atoms with E-state index in [1.54, 1.807) is 0 Å². The van der Waals surface area contributed by atoms with Gasteiger partial charge in [-0.15, -0.1) is 11.3 Å². The van der Waals surface area contributed by atoms with Crippen LogP contribution in [0.25, 0.3) is 69.9 Å². The van der Waals surface area contributed by atoms with Gasteiger partial charge < -0.3 is 9.88 Å². The number of fused-ring (bicyclic) bond motifs is 11. The van der Waals surface area contributed by atoms with Crippen LogP contribution in [0.15, 0.2) is 127 Å². The standard InChI is InChI=1S/C53H47BN2S/c1-51(2,3)30-17-20-32(21-18-30)55-44-24-19-31(52(4,5)6)25-38(44)35-22-23-36-39-28-48-40(34-14-10-12-16-47(34)57-48)27-45(39)56-46-26-37-33-13-9-11-15-41(33)53(7,8)42(37)29-43(46)54-49(35)50(36)56/h9-29,54-55H,1-8H3. The maximum Gasteiger partial charge on any atom is 0.198 e. The first-order valence-corrected chi connectivity index (χ1v) is 21.3. The summed E-state index contributed by atoms with van der Waals surface area (Å²) in [5, 5.41) is 9.22. The van der Waals surface area contributed by atoms with Crippen LogP contribution in [0, 0.1) is 0 Å². The molecule has 0 unspecified atom stereocenters. The first kappa shape index (κ1) is 34.7. The van der Waals surface area contributed by atoms with Crippen molar-refractivity contribution in [2.24, 2.45) is 0 Å². The summed E-state index contributed by atoms with van der Waals surface area (Å²) < 4.78 is 5.32. The van der Waals surface area contributed by atoms with Crippen LogP contribution in [-0.2, 0) is 16.2 Å². The van der Waals surface area contributed by atoms with Crippen molar-refractivity contribution in [3.8, 4) is 27.9 Å². The third-order valence-corrected chi connectivity index (χ3v) is 14.3. The fourth-order valence-electron chi connectivity index (χ4n) is 9.94. The molecule has 57 heavy (non-hydrogen) atoms. The molecule has 0 radical (unpaired) electrons. The summed E-state index contributed by atoms with van der Waals surface area (Å²) in [5.74, 6) is 0. The second-order valence-electron chi connectivity index (χ2n) is 19.1. The molecule has 0 atom stereocenters. The molecule has 9 aromatic rings. The van der Waals surface area contributed by atoms with E-state index >= 15 is 0 Å². The molecular formula is C53H47BN2S. The highest BCUT2D eigenvalue weighted by Gasteiger charge is 2.38. The fraction of sp³-hybridized carbons (Fsp3) is 0.208. The van der Waals surface area contributed by atoms with Gasteiger partial charge in [-0.3, -0.25) is 0 Å². The van der Waals surface area contributed by atoms with E-state index in [1.807, 2.05) is 11.3 Å². The van der Waals surface area contributed by atoms with E-state index < -0.39 is 0 Å². The predicted molar refractivity (Wildman–Crippen MR) is 250 cm³/mol. The lowest BCUT2D eigenvalue weighted by Gasteiger charge is -2.27. The highest BCUT2D eigenvalue weighted by Crippen LogP contribution is 2.50. The summed E-state index contributed by atoms with van der Waals surface area (Å²) in [6, 6.07) is 48.9. The lowest BCUT2D eigenvalue weighted by atomic mass is 9.58. The molecule has 0 amide bonds. The number of hydrogen-bond acceptors (Lipinski definition) is 2. The third kappa shape index (κ3) is 5.09. The van der Waals surface area contributed by atoms with E-state index in [-0.39, 0.29) is 16.2 Å². The van der Waals surface area contributed by atoms with Crippen LogP contribution < -0.4 is 16.2 Å². The summed E-state index contributed by atoms with van der Waals surface area (Å²) in [7, 11) is 0.870. The van der Waals surface area contributed by atoms with Gasteiger partial charge in [0.2, 0.25) is 0 Å². The van der Waals surface area contributed by atoms with Crippen molar-refractivity contribution in [2.45, 2.75) is 71.6 Å². The minimum atomic E-state index is -0.0722. The van der Waals surface area contributed by atoms with Crippen LogP contribution in [0.1, 0.15) is 77.6 Å². The Labute approximate surface area is 340 Å². The van der Waals surface area contributed by atoms with E-state index in [9.17, 15) is 0 Å². The number of rotatable bonds is 3. The van der Waals surface area contributed by atoms with Gasteiger partial charge in [0.15, 0.2) is 7.28 Å². The molecular weight excluding hydrogens is 707 g/mol. The van der Waals surface area contributed by atoms with E-state index in [4.69, 9.17) is 0 Å². The quantitative estimate of drug-likeness (QED) is 0.178. The highest BCUT2D eigenvalue weighted by atomic mass is 32.1. The van der Waals surface area contributed by atoms with Crippen molar-refractivity contribution < 1.29 is 0 Å². The van der Waals surface area contributed by atoms with Gasteiger partial charge in [-0.1, -0.05) is 140 Å². The van der Waals surface area contributed by atoms with Gasteiger partial charge in [0.1, 0.15) is 0 Å². The molecule has 2 aliphatic rings. The Morgan fingerprint density at radius 1 is 0.561 bits per heavy atom. The van der Waals surface area contributed by atoms with Gasteiger partial charge in [0.05, 0.1) is 5.52 Å². The van der Waals surface area contributed by atoms with Crippen LogP contribution in [0.5, 0.6) is 0 Å². The molecule has 11 rings (SSSR count). The monoisotopic (exact) mass is 754 g/mol. The SMILES string of the molecule is CC(C)(C)c1ccc(Nc2ccc(C(C)(C)C)cc2-c2ccc3c4cc5sc6ccccc6c5cc4n4c3c2Bc2cc3c(cc2-4)-c2ccccc2C3(C)C)cc1. The third-order valence-electron chi connectivity index (χ3n) is 13.1. The zero-order valence-corrected chi connectivity index (χ0v) is 35.0. The molecule has 7 aromatic carbocycles. The Morgan fingerprint density at radius 3 is 2.09 bits per heavy atom. The molecule has 278 valence electrons. The molecule has 0 saturated heterocycles. The molecule has 3 heterocycles. The average Bonchev–Trinajstić information content (AvgIpc) is 3.79. The van der Waals surface area contributed by atoms with Crippen molar-refractivity contribution in [2.75, 3.05) is 5.32 Å². The maximum absolute atomic E-state index is 3.89. The molecule has 0 fully saturated rings. The van der Waals surface area contributed by atoms with Crippen LogP contribution in [0.3, 0.4) is 0 Å². The topological polar surface area (TPSA) is 17.0 Å². The lowest BCUT2D eigenvalue weighted by molar-refractivity contribution is 0.590. The van der Waals surface area contributed by atoms with E-state index in [0.29, 0.717) is 0 Å². The minimum absolute atomic E-state index is 0.000130. The zero-order chi connectivity index (χ0) is 39.2. The first-order chi connectivity index (χ1) is 27.3. The highest BCUT2D eigenvalue weighted by molar-refractivity contribution is 7.25. The van der Waals surface area contributed by atoms with Gasteiger partial charge in [-0.2, -0.15) is 0 Å². The molecule has 1 aliphatic heterocycles. The molecule has 1 aliphatic carbocycles. The Kier molecular flexibility index (Phi) is 7.14. The first-order valence-electron chi connectivity index (χ1n) is 20.5. The van der Waals surface area contributed by atoms with Gasteiger partial charge in [-0.25, -0.2) is 0 Å². The smallest absolute Gasteiger partial charge is 0.198 e. The van der Waals surface area contributed by atoms with Crippen molar-refractivity contribution in [3.63, 3.8) is 0 Å². The maximum atomic E-state index is 3.89. The Bertz CT molecular complexity index is 3160. The average molecular weight is 755 g/mol. The second-order valence-corrected chi connectivity index (χ2v) is 20.2. The number of benzene rings is 7. The van der Waals surface area contributed by atoms with Crippen molar-refractivity contribution >= 4 is 82.9 Å². The molecule has 2 aromatic heterocycles. The van der Waals surface area contributed by atoms with Gasteiger partial charge in [0.25, 0.3) is 0 Å². The minimum Gasteiger partial charge on any atom is -0.355 e. The summed E-state index contributed by atoms with van der Waals surface area (Å²) >= 11 is 1.91. The van der Waals surface area contributed by atoms with Gasteiger partial charge >= 0.3 is 0 Å². The molecule has 0 saturated carbocycles. The van der Waals surface area contributed by atoms with Crippen LogP contribution >= 0.6 is 11.3 Å². The van der Waals surface area contributed by atoms with Crippen molar-refractivity contribution in [3.05, 3.63) is 150 Å². The summed E-state index contributed by atoms with van der Waals surface area (Å²) in [6.45, 7) is 18.6. The van der Waals surface area contributed by atoms with E-state index in [1.165, 1.54) is 103 Å². The van der Waals surface area contributed by atoms with Crippen LogP contribution in [0.4, 0.5) is 11.4 Å². The lowest BCUT2D eigenvalue weighted by Crippen LogP contribution is -2.38. The second kappa shape index (κ2) is 11.7. The number of nitrogens with one attached hydrogen (secondary N) is 1. The van der Waals surface area contributed by atoms with Crippen LogP contribution in [-0.4, -0.2) is 11.8 Å². The normalized spacial score (nSPS) is 14.2. The Hall–Kier alpha value is -5.58. The zero-order valence-electron chi connectivity index (χ0n) is 34.2. The number of aromatic nitrogens is 1. The largest absolute Gasteiger partial charge is 0.355 e. The fourth-order valence-corrected chi connectivity index (χ4v) is 11.1. The summed E-state index contributed by atoms with van der Waals surface area (Å²) in [5.41, 5.74) is 19.8. The van der Waals surface area contributed by atoms with Gasteiger partial charge in [-0.05, 0) is 104 Å². The van der Waals surface area contributed by atoms with Gasteiger partial charge in [0, 0.05) is 64.5 Å². The molecule has 4 heteroatoms. The van der Waals surface area contributed by atoms with E-state index in [2.05, 4.69) is 193 Å². The number of anilines is 2. The van der Waals surface area contributed by atoms with Crippen LogP contribution in [0.2, 0.25) is 0 Å². The molecule has 0 bridgehead atoms. The Morgan fingerprint density at radius 2 is 1.30 bits per heavy atom. The molecule has 2 nitrogen and oxygen atoms in total. The Balaban J connectivity index is 1.20. The molecule has 1 N–H and O–H groups in total. The number of hydrogen-bond donors (Lipinski definition) is 1.